The van der Waals surface area contributed by atoms with Gasteiger partial charge in [0.15, 0.2) is 0 Å². The second-order valence-corrected chi connectivity index (χ2v) is 18.2. The first-order valence-corrected chi connectivity index (χ1v) is 21.8. The molecule has 9 aromatic carbocycles. The van der Waals surface area contributed by atoms with Crippen molar-refractivity contribution in [2.45, 2.75) is 24.7 Å². The van der Waals surface area contributed by atoms with E-state index in [0.717, 1.165) is 17.1 Å². The van der Waals surface area contributed by atoms with E-state index in [1.165, 1.54) is 98.1 Å². The summed E-state index contributed by atoms with van der Waals surface area (Å²) in [4.78, 5) is 2.49. The van der Waals surface area contributed by atoms with Gasteiger partial charge >= 0.3 is 0 Å². The van der Waals surface area contributed by atoms with E-state index in [9.17, 15) is 0 Å². The van der Waals surface area contributed by atoms with Gasteiger partial charge in [0.1, 0.15) is 0 Å². The van der Waals surface area contributed by atoms with Crippen molar-refractivity contribution in [1.82, 2.24) is 0 Å². The van der Waals surface area contributed by atoms with E-state index in [0.29, 0.717) is 0 Å². The fourth-order valence-corrected chi connectivity index (χ4v) is 12.6. The molecule has 3 aliphatic carbocycles. The van der Waals surface area contributed by atoms with E-state index >= 15 is 0 Å². The lowest BCUT2D eigenvalue weighted by molar-refractivity contribution is 0.660. The minimum atomic E-state index is -0.514. The minimum Gasteiger partial charge on any atom is -0.310 e. The number of hydrogen-bond donors (Lipinski definition) is 0. The quantitative estimate of drug-likeness (QED) is 0.172. The Labute approximate surface area is 354 Å². The highest BCUT2D eigenvalue weighted by atomic mass is 32.1. The Morgan fingerprint density at radius 2 is 0.967 bits per heavy atom. The van der Waals surface area contributed by atoms with Crippen molar-refractivity contribution in [1.29, 1.82) is 0 Å². The Morgan fingerprint density at radius 3 is 1.77 bits per heavy atom. The van der Waals surface area contributed by atoms with Gasteiger partial charge in [-0.3, -0.25) is 0 Å². The lowest BCUT2D eigenvalue weighted by Gasteiger charge is -2.34. The van der Waals surface area contributed by atoms with Crippen LogP contribution in [-0.2, 0) is 10.8 Å². The van der Waals surface area contributed by atoms with E-state index in [1.807, 2.05) is 11.3 Å². The third-order valence-electron chi connectivity index (χ3n) is 13.9. The predicted octanol–water partition coefficient (Wildman–Crippen LogP) is 15.8. The predicted molar refractivity (Wildman–Crippen MR) is 253 cm³/mol. The molecule has 1 heterocycles. The van der Waals surface area contributed by atoms with Crippen LogP contribution in [-0.4, -0.2) is 0 Å². The molecule has 0 saturated carbocycles. The second kappa shape index (κ2) is 12.3. The van der Waals surface area contributed by atoms with Gasteiger partial charge in [0, 0.05) is 42.5 Å². The minimum absolute atomic E-state index is 0.120. The molecule has 0 saturated heterocycles. The Bertz CT molecular complexity index is 3420. The molecule has 0 fully saturated rings. The second-order valence-electron chi connectivity index (χ2n) is 17.1. The summed E-state index contributed by atoms with van der Waals surface area (Å²) in [7, 11) is 0. The molecule has 3 aliphatic rings. The van der Waals surface area contributed by atoms with Crippen LogP contribution in [0.25, 0.3) is 64.7 Å². The largest absolute Gasteiger partial charge is 0.310 e. The molecule has 1 aromatic heterocycles. The van der Waals surface area contributed by atoms with Gasteiger partial charge in [-0.1, -0.05) is 172 Å². The maximum Gasteiger partial charge on any atom is 0.0731 e. The molecule has 13 rings (SSSR count). The Balaban J connectivity index is 1.10. The molecule has 1 unspecified atom stereocenters. The fourth-order valence-electron chi connectivity index (χ4n) is 11.5. The Morgan fingerprint density at radius 1 is 0.383 bits per heavy atom. The number of benzene rings is 9. The van der Waals surface area contributed by atoms with E-state index in [1.54, 1.807) is 0 Å². The number of fused-ring (bicyclic) bond motifs is 17. The molecular weight excluding hydrogens is 743 g/mol. The fraction of sp³-hybridized carbons (Fsp3) is 0.0690. The number of anilines is 3. The van der Waals surface area contributed by atoms with E-state index in [4.69, 9.17) is 0 Å². The van der Waals surface area contributed by atoms with Crippen molar-refractivity contribution < 1.29 is 0 Å². The third kappa shape index (κ3) is 4.31. The van der Waals surface area contributed by atoms with Crippen LogP contribution >= 0.6 is 11.3 Å². The van der Waals surface area contributed by atoms with Gasteiger partial charge < -0.3 is 4.90 Å². The topological polar surface area (TPSA) is 3.24 Å². The van der Waals surface area contributed by atoms with Crippen molar-refractivity contribution in [2.24, 2.45) is 0 Å². The SMILES string of the molecule is CC1(C)c2ccccc2-c2ccc(N(c3ccccc3)c3ccccc3-c3cccc4c3C3(c5ccccc5-4)c4ccccc4-c4c3ccc3sc5ccccc5c43)cc21. The lowest BCUT2D eigenvalue weighted by Crippen LogP contribution is -2.26. The molecule has 1 atom stereocenters. The summed E-state index contributed by atoms with van der Waals surface area (Å²) < 4.78 is 2.67. The molecule has 10 aromatic rings. The van der Waals surface area contributed by atoms with Crippen LogP contribution in [0.3, 0.4) is 0 Å². The molecule has 1 spiro atoms. The van der Waals surface area contributed by atoms with Crippen molar-refractivity contribution >= 4 is 48.6 Å². The zero-order chi connectivity index (χ0) is 39.7. The maximum atomic E-state index is 2.49. The highest BCUT2D eigenvalue weighted by Crippen LogP contribution is 2.66. The summed E-state index contributed by atoms with van der Waals surface area (Å²) in [6.45, 7) is 4.74. The number of thiophene rings is 1. The standard InChI is InChI=1S/C58H39NS/c1-57(2)46-26-11-6-19-38(46)40-32-31-37(35-50(40)57)59(36-17-4-3-5-18-36)51-29-14-9-21-41(51)43-25-16-24-42-39-20-7-12-27-47(39)58(56(42)43)48-28-13-8-22-44(48)54-49(58)33-34-53-55(54)45-23-10-15-30-52(45)60-53/h3-35H,1-2H3. The van der Waals surface area contributed by atoms with Crippen LogP contribution < -0.4 is 4.90 Å². The average Bonchev–Trinajstić information content (AvgIpc) is 3.99. The highest BCUT2D eigenvalue weighted by molar-refractivity contribution is 7.26. The number of nitrogens with zero attached hydrogens (tertiary/aromatic N) is 1. The maximum absolute atomic E-state index is 2.49. The normalized spacial score (nSPS) is 16.0. The summed E-state index contributed by atoms with van der Waals surface area (Å²) in [5.41, 5.74) is 21.5. The van der Waals surface area contributed by atoms with Crippen molar-refractivity contribution in [2.75, 3.05) is 4.90 Å². The average molecular weight is 782 g/mol. The zero-order valence-corrected chi connectivity index (χ0v) is 34.2. The third-order valence-corrected chi connectivity index (χ3v) is 15.0. The number of para-hydroxylation sites is 2. The first kappa shape index (κ1) is 33.9. The highest BCUT2D eigenvalue weighted by Gasteiger charge is 2.53. The molecule has 0 aliphatic heterocycles. The number of rotatable bonds is 4. The smallest absolute Gasteiger partial charge is 0.0731 e. The van der Waals surface area contributed by atoms with Crippen molar-refractivity contribution in [3.63, 3.8) is 0 Å². The molecule has 0 bridgehead atoms. The van der Waals surface area contributed by atoms with Crippen molar-refractivity contribution in [3.05, 3.63) is 234 Å². The molecule has 0 amide bonds. The van der Waals surface area contributed by atoms with Gasteiger partial charge in [-0.2, -0.15) is 0 Å². The molecule has 2 heteroatoms. The summed E-state index contributed by atoms with van der Waals surface area (Å²) in [6.07, 6.45) is 0. The Kier molecular flexibility index (Phi) is 6.94. The van der Waals surface area contributed by atoms with Crippen LogP contribution in [0.4, 0.5) is 17.1 Å². The van der Waals surface area contributed by atoms with Gasteiger partial charge in [0.25, 0.3) is 0 Å². The van der Waals surface area contributed by atoms with E-state index in [-0.39, 0.29) is 5.41 Å². The van der Waals surface area contributed by atoms with Gasteiger partial charge in [-0.05, 0) is 115 Å². The van der Waals surface area contributed by atoms with Gasteiger partial charge in [0.2, 0.25) is 0 Å². The zero-order valence-electron chi connectivity index (χ0n) is 33.4. The summed E-state index contributed by atoms with van der Waals surface area (Å²) in [5, 5.41) is 2.71. The van der Waals surface area contributed by atoms with Crippen LogP contribution in [0.1, 0.15) is 47.2 Å². The van der Waals surface area contributed by atoms with E-state index < -0.39 is 5.41 Å². The first-order chi connectivity index (χ1) is 29.5. The van der Waals surface area contributed by atoms with Gasteiger partial charge in [-0.25, -0.2) is 0 Å². The van der Waals surface area contributed by atoms with Crippen molar-refractivity contribution in [3.8, 4) is 44.5 Å². The summed E-state index contributed by atoms with van der Waals surface area (Å²) in [5.74, 6) is 0. The summed E-state index contributed by atoms with van der Waals surface area (Å²) >= 11 is 1.90. The van der Waals surface area contributed by atoms with Crippen LogP contribution in [0, 0.1) is 0 Å². The monoisotopic (exact) mass is 781 g/mol. The summed E-state index contributed by atoms with van der Waals surface area (Å²) in [6, 6.07) is 75.4. The van der Waals surface area contributed by atoms with Gasteiger partial charge in [-0.15, -0.1) is 11.3 Å². The number of hydrogen-bond acceptors (Lipinski definition) is 2. The molecular formula is C58H39NS. The molecule has 1 nitrogen and oxygen atoms in total. The van der Waals surface area contributed by atoms with E-state index in [2.05, 4.69) is 219 Å². The first-order valence-electron chi connectivity index (χ1n) is 21.0. The molecule has 0 N–H and O–H groups in total. The lowest BCUT2D eigenvalue weighted by atomic mass is 9.68. The van der Waals surface area contributed by atoms with Gasteiger partial charge in [0.05, 0.1) is 11.1 Å². The molecule has 60 heavy (non-hydrogen) atoms. The molecule has 0 radical (unpaired) electrons. The van der Waals surface area contributed by atoms with Crippen LogP contribution in [0.5, 0.6) is 0 Å². The molecule has 282 valence electrons. The Hall–Kier alpha value is -7.00. The van der Waals surface area contributed by atoms with Crippen LogP contribution in [0.15, 0.2) is 200 Å². The van der Waals surface area contributed by atoms with Crippen LogP contribution in [0.2, 0.25) is 0 Å².